The maximum Gasteiger partial charge on any atom is 0.253 e. The third-order valence-corrected chi connectivity index (χ3v) is 10.4. The first-order valence-corrected chi connectivity index (χ1v) is 17.1. The van der Waals surface area contributed by atoms with Crippen molar-refractivity contribution in [3.05, 3.63) is 53.1 Å². The summed E-state index contributed by atoms with van der Waals surface area (Å²) < 4.78 is 41.8. The van der Waals surface area contributed by atoms with Gasteiger partial charge in [0.05, 0.1) is 0 Å². The summed E-state index contributed by atoms with van der Waals surface area (Å²) in [6, 6.07) is 8.87. The van der Waals surface area contributed by atoms with Crippen molar-refractivity contribution in [3.8, 4) is 11.5 Å². The summed E-state index contributed by atoms with van der Waals surface area (Å²) in [5.74, 6) is 0.119. The number of halogens is 4. The average Bonchev–Trinajstić information content (AvgIpc) is 3.56. The number of benzene rings is 2. The molecule has 2 N–H and O–H groups in total. The van der Waals surface area contributed by atoms with Crippen LogP contribution in [-0.2, 0) is 0 Å². The van der Waals surface area contributed by atoms with E-state index >= 15 is 0 Å². The first-order valence-electron chi connectivity index (χ1n) is 17.1. The molecular formula is C36H52Cl2F2N4O3. The minimum atomic E-state index is -0.952. The van der Waals surface area contributed by atoms with Gasteiger partial charge in [-0.2, -0.15) is 4.39 Å². The van der Waals surface area contributed by atoms with Crippen LogP contribution in [-0.4, -0.2) is 75.4 Å². The van der Waals surface area contributed by atoms with E-state index in [-0.39, 0.29) is 48.7 Å². The Morgan fingerprint density at radius 3 is 2.11 bits per heavy atom. The standard InChI is InChI=1S/C36H50F2N4O3.2ClH/c1-36(2,3)26-7-4-24(5-8-26)30-20-25(6-9-32(30)45-29-10-13-40-23-29)35(43)42-16-11-28(12-17-42)44-33-22-27(21-31(37)34(33)38)41-18-14-39-15-19-41;;/h6,9,20-22,24,26,28-29,39-40H,4-5,7-8,10-19,23H2,1-3H3;2*1H/t24-,26-,29-;;/m0../s1. The number of carbonyl (C=O) groups is 1. The van der Waals surface area contributed by atoms with Crippen LogP contribution in [0.15, 0.2) is 30.3 Å². The van der Waals surface area contributed by atoms with Crippen molar-refractivity contribution in [2.75, 3.05) is 57.3 Å². The number of nitrogens with one attached hydrogen (secondary N) is 2. The molecule has 47 heavy (non-hydrogen) atoms. The molecular weight excluding hydrogens is 645 g/mol. The highest BCUT2D eigenvalue weighted by Crippen LogP contribution is 2.45. The monoisotopic (exact) mass is 696 g/mol. The molecule has 3 aliphatic heterocycles. The molecule has 0 radical (unpaired) electrons. The molecule has 3 heterocycles. The van der Waals surface area contributed by atoms with Gasteiger partial charge in [-0.25, -0.2) is 4.39 Å². The molecule has 2 aromatic rings. The van der Waals surface area contributed by atoms with Crippen LogP contribution >= 0.6 is 24.8 Å². The van der Waals surface area contributed by atoms with Crippen molar-refractivity contribution in [1.82, 2.24) is 15.5 Å². The van der Waals surface area contributed by atoms with Gasteiger partial charge < -0.3 is 29.9 Å². The summed E-state index contributed by atoms with van der Waals surface area (Å²) in [4.78, 5) is 17.7. The number of hydrogen-bond donors (Lipinski definition) is 2. The second kappa shape index (κ2) is 16.4. The van der Waals surface area contributed by atoms with Crippen molar-refractivity contribution in [2.24, 2.45) is 11.3 Å². The predicted octanol–water partition coefficient (Wildman–Crippen LogP) is 6.96. The summed E-state index contributed by atoms with van der Waals surface area (Å²) in [5.41, 5.74) is 2.80. The van der Waals surface area contributed by atoms with Crippen molar-refractivity contribution in [2.45, 2.75) is 83.8 Å². The highest BCUT2D eigenvalue weighted by molar-refractivity contribution is 5.94. The predicted molar refractivity (Wildman–Crippen MR) is 188 cm³/mol. The quantitative estimate of drug-likeness (QED) is 0.326. The van der Waals surface area contributed by atoms with Gasteiger partial charge in [0.2, 0.25) is 5.82 Å². The lowest BCUT2D eigenvalue weighted by molar-refractivity contribution is 0.0587. The Labute approximate surface area is 291 Å². The van der Waals surface area contributed by atoms with E-state index in [1.54, 1.807) is 6.07 Å². The van der Waals surface area contributed by atoms with E-state index in [0.717, 1.165) is 64.3 Å². The molecule has 4 fully saturated rings. The zero-order valence-corrected chi connectivity index (χ0v) is 29.6. The van der Waals surface area contributed by atoms with Crippen LogP contribution in [0, 0.1) is 23.0 Å². The molecule has 11 heteroatoms. The molecule has 0 unspecified atom stereocenters. The second-order valence-corrected chi connectivity index (χ2v) is 14.5. The van der Waals surface area contributed by atoms with Gasteiger partial charge in [0.15, 0.2) is 11.6 Å². The zero-order chi connectivity index (χ0) is 31.6. The number of ether oxygens (including phenoxy) is 2. The molecule has 7 nitrogen and oxygen atoms in total. The lowest BCUT2D eigenvalue weighted by atomic mass is 9.68. The van der Waals surface area contributed by atoms with Crippen LogP contribution in [0.3, 0.4) is 0 Å². The Morgan fingerprint density at radius 1 is 0.787 bits per heavy atom. The lowest BCUT2D eigenvalue weighted by Gasteiger charge is -2.37. The van der Waals surface area contributed by atoms with Crippen LogP contribution in [0.1, 0.15) is 87.6 Å². The normalized spacial score (nSPS) is 23.9. The maximum absolute atomic E-state index is 14.8. The van der Waals surface area contributed by atoms with Gasteiger partial charge in [0.1, 0.15) is 18.0 Å². The molecule has 0 aromatic heterocycles. The smallest absolute Gasteiger partial charge is 0.253 e. The van der Waals surface area contributed by atoms with Gasteiger partial charge in [-0.05, 0) is 79.7 Å². The number of amides is 1. The molecule has 2 aromatic carbocycles. The van der Waals surface area contributed by atoms with Crippen LogP contribution in [0.2, 0.25) is 0 Å². The van der Waals surface area contributed by atoms with E-state index in [1.807, 2.05) is 21.9 Å². The van der Waals surface area contributed by atoms with Crippen molar-refractivity contribution in [1.29, 1.82) is 0 Å². The summed E-state index contributed by atoms with van der Waals surface area (Å²) in [5, 5.41) is 6.67. The van der Waals surface area contributed by atoms with Crippen molar-refractivity contribution < 1.29 is 23.0 Å². The fourth-order valence-electron chi connectivity index (χ4n) is 7.57. The summed E-state index contributed by atoms with van der Waals surface area (Å²) in [6.45, 7) is 12.9. The van der Waals surface area contributed by atoms with E-state index in [9.17, 15) is 13.6 Å². The van der Waals surface area contributed by atoms with Crippen LogP contribution in [0.4, 0.5) is 14.5 Å². The van der Waals surface area contributed by atoms with Gasteiger partial charge in [0.25, 0.3) is 5.91 Å². The van der Waals surface area contributed by atoms with E-state index in [4.69, 9.17) is 9.47 Å². The number of likely N-dealkylation sites (tertiary alicyclic amines) is 1. The lowest BCUT2D eigenvalue weighted by Crippen LogP contribution is -2.43. The zero-order valence-electron chi connectivity index (χ0n) is 28.0. The van der Waals surface area contributed by atoms with Crippen LogP contribution in [0.5, 0.6) is 11.5 Å². The number of anilines is 1. The SMILES string of the molecule is CC(C)(C)[C@H]1CC[C@H](c2cc(C(=O)N3CCC(Oc4cc(N5CCNCC5)cc(F)c4F)CC3)ccc2O[C@H]2CCNC2)CC1.Cl.Cl. The second-order valence-electron chi connectivity index (χ2n) is 14.5. The van der Waals surface area contributed by atoms with E-state index in [0.29, 0.717) is 54.4 Å². The highest BCUT2D eigenvalue weighted by Gasteiger charge is 2.33. The Bertz CT molecular complexity index is 1330. The number of rotatable bonds is 7. The molecule has 4 aliphatic rings. The van der Waals surface area contributed by atoms with Gasteiger partial charge >= 0.3 is 0 Å². The number of carbonyl (C=O) groups excluding carboxylic acids is 1. The Kier molecular flexibility index (Phi) is 13.1. The molecule has 0 bridgehead atoms. The third kappa shape index (κ3) is 9.02. The molecule has 1 atom stereocenters. The number of nitrogens with zero attached hydrogens (tertiary/aromatic N) is 2. The molecule has 1 saturated carbocycles. The summed E-state index contributed by atoms with van der Waals surface area (Å²) in [6.07, 6.45) is 6.57. The Hall–Kier alpha value is -2.33. The fourth-order valence-corrected chi connectivity index (χ4v) is 7.57. The summed E-state index contributed by atoms with van der Waals surface area (Å²) >= 11 is 0. The van der Waals surface area contributed by atoms with E-state index in [2.05, 4.69) is 37.5 Å². The number of hydrogen-bond acceptors (Lipinski definition) is 6. The fraction of sp³-hybridized carbons (Fsp3) is 0.639. The molecule has 6 rings (SSSR count). The molecule has 1 amide bonds. The summed E-state index contributed by atoms with van der Waals surface area (Å²) in [7, 11) is 0. The molecule has 1 aliphatic carbocycles. The van der Waals surface area contributed by atoms with E-state index < -0.39 is 11.6 Å². The topological polar surface area (TPSA) is 66.1 Å². The number of piperidine rings is 1. The molecule has 262 valence electrons. The van der Waals surface area contributed by atoms with Gasteiger partial charge in [0, 0.05) is 82.0 Å². The number of piperazine rings is 1. The van der Waals surface area contributed by atoms with E-state index in [1.165, 1.54) is 24.5 Å². The minimum Gasteiger partial charge on any atom is -0.489 e. The third-order valence-electron chi connectivity index (χ3n) is 10.4. The van der Waals surface area contributed by atoms with Gasteiger partial charge in [-0.15, -0.1) is 24.8 Å². The average molecular weight is 698 g/mol. The molecule has 0 spiro atoms. The Morgan fingerprint density at radius 2 is 1.47 bits per heavy atom. The maximum atomic E-state index is 14.8. The minimum absolute atomic E-state index is 0. The Balaban J connectivity index is 0.00000250. The first kappa shape index (κ1) is 37.5. The van der Waals surface area contributed by atoms with Crippen molar-refractivity contribution >= 4 is 36.4 Å². The molecule has 3 saturated heterocycles. The van der Waals surface area contributed by atoms with Gasteiger partial charge in [-0.3, -0.25) is 4.79 Å². The highest BCUT2D eigenvalue weighted by atomic mass is 35.5. The van der Waals surface area contributed by atoms with Crippen LogP contribution in [0.25, 0.3) is 0 Å². The van der Waals surface area contributed by atoms with Crippen LogP contribution < -0.4 is 25.0 Å². The largest absolute Gasteiger partial charge is 0.489 e. The van der Waals surface area contributed by atoms with Crippen molar-refractivity contribution in [3.63, 3.8) is 0 Å². The van der Waals surface area contributed by atoms with Gasteiger partial charge in [-0.1, -0.05) is 20.8 Å². The first-order chi connectivity index (χ1) is 21.7.